The normalized spacial score (nSPS) is 11.1. The van der Waals surface area contributed by atoms with E-state index in [1.54, 1.807) is 6.92 Å². The zero-order chi connectivity index (χ0) is 7.44. The van der Waals surface area contributed by atoms with E-state index in [2.05, 4.69) is 13.2 Å². The van der Waals surface area contributed by atoms with Crippen molar-refractivity contribution in [3.05, 3.63) is 36.4 Å². The summed E-state index contributed by atoms with van der Waals surface area (Å²) in [5, 5.41) is 8.76. The number of aliphatic hydroxyl groups excluding tert-OH is 1. The molecule has 0 aliphatic rings. The van der Waals surface area contributed by atoms with E-state index in [0.29, 0.717) is 5.57 Å². The van der Waals surface area contributed by atoms with Gasteiger partial charge < -0.3 is 5.11 Å². The Morgan fingerprint density at radius 3 is 2.11 bits per heavy atom. The molecule has 2 heteroatoms. The third-order valence-corrected chi connectivity index (χ3v) is 0.731. The monoisotopic (exact) mass is 128 g/mol. The van der Waals surface area contributed by atoms with Crippen molar-refractivity contribution >= 4 is 0 Å². The molecule has 0 fully saturated rings. The summed E-state index contributed by atoms with van der Waals surface area (Å²) in [7, 11) is 0. The van der Waals surface area contributed by atoms with Crippen LogP contribution in [0.5, 0.6) is 0 Å². The minimum absolute atomic E-state index is 0.164. The molecule has 0 atom stereocenters. The summed E-state index contributed by atoms with van der Waals surface area (Å²) in [4.78, 5) is 0. The van der Waals surface area contributed by atoms with Crippen LogP contribution in [0.3, 0.4) is 0 Å². The molecule has 9 heavy (non-hydrogen) atoms. The first-order valence-corrected chi connectivity index (χ1v) is 2.45. The van der Waals surface area contributed by atoms with Gasteiger partial charge in [-0.2, -0.15) is 0 Å². The molecule has 0 aromatic heterocycles. The number of allylic oxidation sites excluding steroid dienone is 3. The van der Waals surface area contributed by atoms with Gasteiger partial charge in [0.25, 0.3) is 0 Å². The van der Waals surface area contributed by atoms with E-state index in [4.69, 9.17) is 5.11 Å². The Morgan fingerprint density at radius 1 is 1.56 bits per heavy atom. The van der Waals surface area contributed by atoms with Crippen molar-refractivity contribution in [2.75, 3.05) is 0 Å². The number of rotatable bonds is 2. The van der Waals surface area contributed by atoms with E-state index in [9.17, 15) is 4.39 Å². The van der Waals surface area contributed by atoms with Crippen molar-refractivity contribution in [3.8, 4) is 0 Å². The fourth-order valence-corrected chi connectivity index (χ4v) is 0.272. The second-order valence-corrected chi connectivity index (χ2v) is 1.76. The first-order valence-electron chi connectivity index (χ1n) is 2.45. The molecule has 0 aliphatic carbocycles. The average Bonchev–Trinajstić information content (AvgIpc) is 1.63. The zero-order valence-corrected chi connectivity index (χ0v) is 5.32. The van der Waals surface area contributed by atoms with Crippen LogP contribution in [0, 0.1) is 0 Å². The Labute approximate surface area is 53.8 Å². The van der Waals surface area contributed by atoms with Gasteiger partial charge in [-0.05, 0) is 12.5 Å². The van der Waals surface area contributed by atoms with Crippen LogP contribution in [-0.2, 0) is 0 Å². The van der Waals surface area contributed by atoms with Gasteiger partial charge in [0.1, 0.15) is 11.6 Å². The maximum absolute atomic E-state index is 11.8. The Morgan fingerprint density at radius 2 is 2.00 bits per heavy atom. The summed E-state index contributed by atoms with van der Waals surface area (Å²) < 4.78 is 11.8. The molecule has 1 N–H and O–H groups in total. The van der Waals surface area contributed by atoms with Crippen LogP contribution in [0.2, 0.25) is 0 Å². The van der Waals surface area contributed by atoms with Crippen molar-refractivity contribution in [2.24, 2.45) is 0 Å². The Hall–Kier alpha value is -1.05. The van der Waals surface area contributed by atoms with Gasteiger partial charge in [-0.1, -0.05) is 13.2 Å². The van der Waals surface area contributed by atoms with Gasteiger partial charge in [0.2, 0.25) is 0 Å². The smallest absolute Gasteiger partial charge is 0.120 e. The van der Waals surface area contributed by atoms with Crippen molar-refractivity contribution in [1.29, 1.82) is 0 Å². The van der Waals surface area contributed by atoms with Gasteiger partial charge in [0.15, 0.2) is 0 Å². The third-order valence-electron chi connectivity index (χ3n) is 0.731. The molecule has 0 aromatic carbocycles. The van der Waals surface area contributed by atoms with E-state index >= 15 is 0 Å². The van der Waals surface area contributed by atoms with E-state index in [0.717, 1.165) is 6.08 Å². The lowest BCUT2D eigenvalue weighted by molar-refractivity contribution is 0.421. The molecule has 50 valence electrons. The van der Waals surface area contributed by atoms with Gasteiger partial charge in [0.05, 0.1) is 0 Å². The fraction of sp³-hybridized carbons (Fsp3) is 0.143. The topological polar surface area (TPSA) is 20.2 Å². The molecular formula is C7H9FO. The quantitative estimate of drug-likeness (QED) is 0.447. The van der Waals surface area contributed by atoms with E-state index < -0.39 is 5.83 Å². The summed E-state index contributed by atoms with van der Waals surface area (Å²) in [5.41, 5.74) is 0.425. The maximum Gasteiger partial charge on any atom is 0.120 e. The molecule has 0 rings (SSSR count). The van der Waals surface area contributed by atoms with Crippen LogP contribution in [0.1, 0.15) is 6.92 Å². The summed E-state index contributed by atoms with van der Waals surface area (Å²) in [6, 6.07) is 0. The molecule has 0 aliphatic heterocycles. The molecule has 1 nitrogen and oxygen atoms in total. The zero-order valence-electron chi connectivity index (χ0n) is 5.32. The lowest BCUT2D eigenvalue weighted by Gasteiger charge is -1.93. The van der Waals surface area contributed by atoms with Gasteiger partial charge in [-0.3, -0.25) is 0 Å². The molecule has 0 aromatic rings. The summed E-state index contributed by atoms with van der Waals surface area (Å²) in [6.45, 7) is 7.89. The van der Waals surface area contributed by atoms with Gasteiger partial charge in [-0.25, -0.2) is 4.39 Å². The van der Waals surface area contributed by atoms with Crippen LogP contribution in [-0.4, -0.2) is 5.11 Å². The van der Waals surface area contributed by atoms with E-state index in [1.807, 2.05) is 0 Å². The summed E-state index contributed by atoms with van der Waals surface area (Å²) in [6.07, 6.45) is 0.919. The molecule has 0 spiro atoms. The largest absolute Gasteiger partial charge is 0.508 e. The van der Waals surface area contributed by atoms with Crippen LogP contribution >= 0.6 is 0 Å². The average molecular weight is 128 g/mol. The second-order valence-electron chi connectivity index (χ2n) is 1.76. The highest BCUT2D eigenvalue weighted by Crippen LogP contribution is 2.05. The second kappa shape index (κ2) is 3.07. The SMILES string of the molecule is C=C(F)/C=C(/O)C(=C)C. The minimum atomic E-state index is -0.671. The van der Waals surface area contributed by atoms with Crippen molar-refractivity contribution in [2.45, 2.75) is 6.92 Å². The highest BCUT2D eigenvalue weighted by atomic mass is 19.1. The van der Waals surface area contributed by atoms with Crippen LogP contribution < -0.4 is 0 Å². The fourth-order valence-electron chi connectivity index (χ4n) is 0.272. The van der Waals surface area contributed by atoms with E-state index in [-0.39, 0.29) is 5.76 Å². The van der Waals surface area contributed by atoms with Gasteiger partial charge in [0, 0.05) is 6.08 Å². The molecule has 0 saturated carbocycles. The Bertz CT molecular complexity index is 168. The van der Waals surface area contributed by atoms with Crippen LogP contribution in [0.15, 0.2) is 36.4 Å². The highest BCUT2D eigenvalue weighted by Gasteiger charge is 1.92. The molecule has 0 saturated heterocycles. The molecule has 0 radical (unpaired) electrons. The van der Waals surface area contributed by atoms with Crippen molar-refractivity contribution in [3.63, 3.8) is 0 Å². The number of aliphatic hydroxyl groups is 1. The summed E-state index contributed by atoms with van der Waals surface area (Å²) in [5.74, 6) is -0.835. The van der Waals surface area contributed by atoms with Gasteiger partial charge in [-0.15, -0.1) is 0 Å². The first kappa shape index (κ1) is 7.95. The van der Waals surface area contributed by atoms with Crippen molar-refractivity contribution in [1.82, 2.24) is 0 Å². The van der Waals surface area contributed by atoms with E-state index in [1.165, 1.54) is 0 Å². The minimum Gasteiger partial charge on any atom is -0.508 e. The maximum atomic E-state index is 11.8. The van der Waals surface area contributed by atoms with Crippen LogP contribution in [0.25, 0.3) is 0 Å². The Kier molecular flexibility index (Phi) is 2.71. The molecule has 0 heterocycles. The number of hydrogen-bond acceptors (Lipinski definition) is 1. The predicted octanol–water partition coefficient (Wildman–Crippen LogP) is 2.49. The van der Waals surface area contributed by atoms with Crippen LogP contribution in [0.4, 0.5) is 4.39 Å². The number of halogens is 1. The predicted molar refractivity (Wildman–Crippen MR) is 35.8 cm³/mol. The third kappa shape index (κ3) is 3.53. The molecule has 0 bridgehead atoms. The number of hydrogen-bond donors (Lipinski definition) is 1. The highest BCUT2D eigenvalue weighted by molar-refractivity contribution is 5.24. The van der Waals surface area contributed by atoms with Gasteiger partial charge >= 0.3 is 0 Å². The Balaban J connectivity index is 4.17. The molecular weight excluding hydrogens is 119 g/mol. The lowest BCUT2D eigenvalue weighted by atomic mass is 10.3. The standard InChI is InChI=1S/C7H9FO/c1-5(2)7(9)4-6(3)8/h4,9H,1,3H2,2H3/b7-4+. The van der Waals surface area contributed by atoms with Crippen molar-refractivity contribution < 1.29 is 9.50 Å². The lowest BCUT2D eigenvalue weighted by Crippen LogP contribution is -1.79. The summed E-state index contributed by atoms with van der Waals surface area (Å²) >= 11 is 0. The molecule has 0 unspecified atom stereocenters. The first-order chi connectivity index (χ1) is 4.04. The molecule has 0 amide bonds.